The lowest BCUT2D eigenvalue weighted by Gasteiger charge is -2.19. The van der Waals surface area contributed by atoms with Gasteiger partial charge in [0.2, 0.25) is 0 Å². The Kier molecular flexibility index (Phi) is 4.18. The number of aromatic amines is 1. The normalized spacial score (nSPS) is 11.8. The van der Waals surface area contributed by atoms with Crippen LogP contribution >= 0.6 is 0 Å². The Bertz CT molecular complexity index is 585. The third-order valence-electron chi connectivity index (χ3n) is 2.86. The maximum atomic E-state index is 13.6. The Morgan fingerprint density at radius 2 is 2.00 bits per heavy atom. The van der Waals surface area contributed by atoms with Crippen molar-refractivity contribution >= 4 is 0 Å². The van der Waals surface area contributed by atoms with Gasteiger partial charge >= 0.3 is 0 Å². The number of imidazole rings is 1. The molecule has 0 bridgehead atoms. The van der Waals surface area contributed by atoms with Gasteiger partial charge in [-0.1, -0.05) is 0 Å². The standard InChI is InChI=1S/C15H19F2N3/c1-15(2,3)19-7-6-14-18-9-13(20-14)11-8-10(16)4-5-12(11)17/h4-5,8-9,19H,6-7H2,1-3H3,(H,18,20). The van der Waals surface area contributed by atoms with Crippen LogP contribution in [0.2, 0.25) is 0 Å². The second kappa shape index (κ2) is 5.71. The number of rotatable bonds is 4. The van der Waals surface area contributed by atoms with Crippen molar-refractivity contribution in [2.45, 2.75) is 32.7 Å². The number of hydrogen-bond acceptors (Lipinski definition) is 2. The maximum Gasteiger partial charge on any atom is 0.132 e. The SMILES string of the molecule is CC(C)(C)NCCc1ncc(-c2cc(F)ccc2F)[nH]1. The molecule has 1 aromatic carbocycles. The highest BCUT2D eigenvalue weighted by Crippen LogP contribution is 2.21. The molecular formula is C15H19F2N3. The van der Waals surface area contributed by atoms with Gasteiger partial charge in [0.25, 0.3) is 0 Å². The van der Waals surface area contributed by atoms with E-state index >= 15 is 0 Å². The molecule has 2 N–H and O–H groups in total. The highest BCUT2D eigenvalue weighted by molar-refractivity contribution is 5.59. The Hall–Kier alpha value is -1.75. The van der Waals surface area contributed by atoms with Crippen LogP contribution in [0.25, 0.3) is 11.3 Å². The second-order valence-electron chi connectivity index (χ2n) is 5.79. The van der Waals surface area contributed by atoms with E-state index in [2.05, 4.69) is 36.1 Å². The van der Waals surface area contributed by atoms with Gasteiger partial charge in [-0.25, -0.2) is 13.8 Å². The summed E-state index contributed by atoms with van der Waals surface area (Å²) in [6, 6.07) is 3.38. The lowest BCUT2D eigenvalue weighted by Crippen LogP contribution is -2.37. The molecule has 2 aromatic rings. The van der Waals surface area contributed by atoms with E-state index in [4.69, 9.17) is 0 Å². The van der Waals surface area contributed by atoms with E-state index in [0.29, 0.717) is 12.1 Å². The molecule has 5 heteroatoms. The van der Waals surface area contributed by atoms with E-state index in [-0.39, 0.29) is 11.1 Å². The molecule has 0 saturated heterocycles. The van der Waals surface area contributed by atoms with E-state index in [0.717, 1.165) is 24.5 Å². The van der Waals surface area contributed by atoms with E-state index in [1.165, 1.54) is 12.3 Å². The quantitative estimate of drug-likeness (QED) is 0.901. The smallest absolute Gasteiger partial charge is 0.132 e. The Morgan fingerprint density at radius 3 is 2.70 bits per heavy atom. The molecule has 0 amide bonds. The highest BCUT2D eigenvalue weighted by Gasteiger charge is 2.11. The number of aromatic nitrogens is 2. The van der Waals surface area contributed by atoms with Gasteiger partial charge in [0, 0.05) is 24.1 Å². The molecule has 0 unspecified atom stereocenters. The molecule has 1 aromatic heterocycles. The number of nitrogens with one attached hydrogen (secondary N) is 2. The van der Waals surface area contributed by atoms with Crippen molar-refractivity contribution in [3.05, 3.63) is 41.9 Å². The van der Waals surface area contributed by atoms with Crippen LogP contribution in [0.15, 0.2) is 24.4 Å². The van der Waals surface area contributed by atoms with Crippen LogP contribution in [0.5, 0.6) is 0 Å². The van der Waals surface area contributed by atoms with Crippen LogP contribution in [0.1, 0.15) is 26.6 Å². The molecule has 0 aliphatic carbocycles. The summed E-state index contributed by atoms with van der Waals surface area (Å²) in [4.78, 5) is 7.22. The minimum Gasteiger partial charge on any atom is -0.342 e. The molecule has 108 valence electrons. The lowest BCUT2D eigenvalue weighted by molar-refractivity contribution is 0.427. The Labute approximate surface area is 117 Å². The zero-order valence-corrected chi connectivity index (χ0v) is 11.9. The van der Waals surface area contributed by atoms with Gasteiger partial charge in [0.05, 0.1) is 11.9 Å². The first-order valence-electron chi connectivity index (χ1n) is 6.59. The summed E-state index contributed by atoms with van der Waals surface area (Å²) in [5, 5.41) is 3.35. The Morgan fingerprint density at radius 1 is 1.25 bits per heavy atom. The minimum atomic E-state index is -0.466. The van der Waals surface area contributed by atoms with Gasteiger partial charge in [-0.05, 0) is 39.0 Å². The first-order chi connectivity index (χ1) is 9.35. The first-order valence-corrected chi connectivity index (χ1v) is 6.59. The second-order valence-corrected chi connectivity index (χ2v) is 5.79. The van der Waals surface area contributed by atoms with Crippen LogP contribution in [-0.2, 0) is 6.42 Å². The van der Waals surface area contributed by atoms with Crippen LogP contribution in [-0.4, -0.2) is 22.1 Å². The summed E-state index contributed by atoms with van der Waals surface area (Å²) < 4.78 is 26.8. The summed E-state index contributed by atoms with van der Waals surface area (Å²) in [5.74, 6) is -0.179. The van der Waals surface area contributed by atoms with E-state index in [1.807, 2.05) is 0 Å². The zero-order chi connectivity index (χ0) is 14.8. The van der Waals surface area contributed by atoms with Crippen molar-refractivity contribution in [2.24, 2.45) is 0 Å². The number of benzene rings is 1. The summed E-state index contributed by atoms with van der Waals surface area (Å²) in [7, 11) is 0. The fourth-order valence-corrected chi connectivity index (χ4v) is 1.89. The molecule has 2 rings (SSSR count). The fourth-order valence-electron chi connectivity index (χ4n) is 1.89. The zero-order valence-electron chi connectivity index (χ0n) is 11.9. The minimum absolute atomic E-state index is 0.0457. The number of hydrogen-bond donors (Lipinski definition) is 2. The van der Waals surface area contributed by atoms with E-state index < -0.39 is 11.6 Å². The predicted octanol–water partition coefficient (Wildman–Crippen LogP) is 3.29. The van der Waals surface area contributed by atoms with E-state index in [1.54, 1.807) is 0 Å². The van der Waals surface area contributed by atoms with Crippen molar-refractivity contribution in [2.75, 3.05) is 6.54 Å². The lowest BCUT2D eigenvalue weighted by atomic mass is 10.1. The largest absolute Gasteiger partial charge is 0.342 e. The van der Waals surface area contributed by atoms with Gasteiger partial charge in [-0.15, -0.1) is 0 Å². The summed E-state index contributed by atoms with van der Waals surface area (Å²) in [5.41, 5.74) is 0.740. The average Bonchev–Trinajstić information content (AvgIpc) is 2.79. The molecule has 0 fully saturated rings. The fraction of sp³-hybridized carbons (Fsp3) is 0.400. The molecule has 0 atom stereocenters. The van der Waals surface area contributed by atoms with Gasteiger partial charge in [-0.2, -0.15) is 0 Å². The maximum absolute atomic E-state index is 13.6. The molecule has 20 heavy (non-hydrogen) atoms. The topological polar surface area (TPSA) is 40.7 Å². The van der Waals surface area contributed by atoms with Crippen LogP contribution in [0.3, 0.4) is 0 Å². The third-order valence-corrected chi connectivity index (χ3v) is 2.86. The molecule has 0 saturated carbocycles. The molecule has 3 nitrogen and oxygen atoms in total. The van der Waals surface area contributed by atoms with E-state index in [9.17, 15) is 8.78 Å². The van der Waals surface area contributed by atoms with Crippen LogP contribution < -0.4 is 5.32 Å². The van der Waals surface area contributed by atoms with Crippen LogP contribution in [0.4, 0.5) is 8.78 Å². The predicted molar refractivity (Wildman–Crippen MR) is 75.4 cm³/mol. The first kappa shape index (κ1) is 14.7. The van der Waals surface area contributed by atoms with Gasteiger partial charge < -0.3 is 10.3 Å². The van der Waals surface area contributed by atoms with Crippen molar-refractivity contribution in [3.63, 3.8) is 0 Å². The van der Waals surface area contributed by atoms with Crippen molar-refractivity contribution in [1.82, 2.24) is 15.3 Å². The summed E-state index contributed by atoms with van der Waals surface area (Å²) in [6.07, 6.45) is 2.23. The van der Waals surface area contributed by atoms with Gasteiger partial charge in [-0.3, -0.25) is 0 Å². The van der Waals surface area contributed by atoms with Gasteiger partial charge in [0.1, 0.15) is 17.5 Å². The summed E-state index contributed by atoms with van der Waals surface area (Å²) >= 11 is 0. The molecule has 0 aliphatic rings. The average molecular weight is 279 g/mol. The summed E-state index contributed by atoms with van der Waals surface area (Å²) in [6.45, 7) is 7.02. The molecule has 0 aliphatic heterocycles. The molecule has 0 spiro atoms. The molecular weight excluding hydrogens is 260 g/mol. The highest BCUT2D eigenvalue weighted by atomic mass is 19.1. The number of nitrogens with zero attached hydrogens (tertiary/aromatic N) is 1. The monoisotopic (exact) mass is 279 g/mol. The number of H-pyrrole nitrogens is 1. The van der Waals surface area contributed by atoms with Gasteiger partial charge in [0.15, 0.2) is 0 Å². The third kappa shape index (κ3) is 3.87. The van der Waals surface area contributed by atoms with Crippen molar-refractivity contribution in [1.29, 1.82) is 0 Å². The molecule has 1 heterocycles. The number of halogens is 2. The molecule has 0 radical (unpaired) electrons. The Balaban J connectivity index is 2.07. The van der Waals surface area contributed by atoms with Crippen molar-refractivity contribution in [3.8, 4) is 11.3 Å². The van der Waals surface area contributed by atoms with Crippen LogP contribution in [0, 0.1) is 11.6 Å². The van der Waals surface area contributed by atoms with Crippen molar-refractivity contribution < 1.29 is 8.78 Å².